The van der Waals surface area contributed by atoms with E-state index in [4.69, 9.17) is 13.9 Å². The van der Waals surface area contributed by atoms with E-state index in [0.29, 0.717) is 35.7 Å². The fourth-order valence-electron chi connectivity index (χ4n) is 2.10. The number of aliphatic hydroxyl groups is 1. The molecule has 7 nitrogen and oxygen atoms in total. The van der Waals surface area contributed by atoms with Gasteiger partial charge < -0.3 is 29.6 Å². The van der Waals surface area contributed by atoms with Gasteiger partial charge in [0.1, 0.15) is 0 Å². The van der Waals surface area contributed by atoms with Gasteiger partial charge in [-0.1, -0.05) is 0 Å². The summed E-state index contributed by atoms with van der Waals surface area (Å²) < 4.78 is 15.3. The third kappa shape index (κ3) is 3.32. The van der Waals surface area contributed by atoms with E-state index in [2.05, 4.69) is 10.6 Å². The molecule has 0 saturated carbocycles. The van der Waals surface area contributed by atoms with Gasteiger partial charge >= 0.3 is 6.03 Å². The van der Waals surface area contributed by atoms with Crippen molar-refractivity contribution in [2.24, 2.45) is 0 Å². The molecule has 1 aliphatic heterocycles. The second-order valence-corrected chi connectivity index (χ2v) is 4.81. The van der Waals surface area contributed by atoms with E-state index in [1.54, 1.807) is 24.3 Å². The summed E-state index contributed by atoms with van der Waals surface area (Å²) in [7, 11) is 0. The van der Waals surface area contributed by atoms with Crippen LogP contribution in [0.5, 0.6) is 11.5 Å². The van der Waals surface area contributed by atoms with Crippen LogP contribution in [0.4, 0.5) is 10.5 Å². The Labute approximate surface area is 126 Å². The molecule has 22 heavy (non-hydrogen) atoms. The summed E-state index contributed by atoms with van der Waals surface area (Å²) in [5.41, 5.74) is 1.30. The minimum Gasteiger partial charge on any atom is -0.472 e. The summed E-state index contributed by atoms with van der Waals surface area (Å²) >= 11 is 0. The van der Waals surface area contributed by atoms with Crippen LogP contribution >= 0.6 is 0 Å². The monoisotopic (exact) mass is 304 g/mol. The molecule has 0 unspecified atom stereocenters. The highest BCUT2D eigenvalue weighted by Gasteiger charge is 2.14. The summed E-state index contributed by atoms with van der Waals surface area (Å²) in [4.78, 5) is 11.8. The van der Waals surface area contributed by atoms with E-state index in [1.807, 2.05) is 0 Å². The summed E-state index contributed by atoms with van der Waals surface area (Å²) in [6, 6.07) is 6.51. The first-order valence-corrected chi connectivity index (χ1v) is 6.87. The molecule has 7 heteroatoms. The number of nitrogens with one attached hydrogen (secondary N) is 2. The Bertz CT molecular complexity index is 641. The molecule has 3 rings (SSSR count). The van der Waals surface area contributed by atoms with Crippen molar-refractivity contribution in [3.63, 3.8) is 0 Å². The molecule has 1 aromatic heterocycles. The van der Waals surface area contributed by atoms with E-state index >= 15 is 0 Å². The first-order valence-electron chi connectivity index (χ1n) is 6.87. The number of urea groups is 1. The number of hydrogen-bond donors (Lipinski definition) is 3. The molecule has 0 fully saturated rings. The predicted molar refractivity (Wildman–Crippen MR) is 77.9 cm³/mol. The number of hydrogen-bond acceptors (Lipinski definition) is 5. The van der Waals surface area contributed by atoms with Crippen molar-refractivity contribution in [2.45, 2.75) is 12.5 Å². The van der Waals surface area contributed by atoms with Gasteiger partial charge in [0.05, 0.1) is 18.6 Å². The molecular formula is C15H16N2O5. The molecule has 2 heterocycles. The quantitative estimate of drug-likeness (QED) is 0.788. The SMILES string of the molecule is O=C(NCC[C@H](O)c1ccoc1)Nc1ccc2c(c1)OCO2. The Balaban J connectivity index is 1.44. The van der Waals surface area contributed by atoms with E-state index in [-0.39, 0.29) is 12.8 Å². The van der Waals surface area contributed by atoms with Gasteiger partial charge in [-0.15, -0.1) is 0 Å². The first-order chi connectivity index (χ1) is 10.7. The molecule has 0 aliphatic carbocycles. The standard InChI is InChI=1S/C15H16N2O5/c18-12(10-4-6-20-8-10)3-5-16-15(19)17-11-1-2-13-14(7-11)22-9-21-13/h1-2,4,6-8,12,18H,3,5,9H2,(H2,16,17,19)/t12-/m0/s1. The molecule has 0 bridgehead atoms. The number of anilines is 1. The number of amides is 2. The van der Waals surface area contributed by atoms with Crippen LogP contribution in [-0.4, -0.2) is 24.5 Å². The van der Waals surface area contributed by atoms with Crippen molar-refractivity contribution in [3.8, 4) is 11.5 Å². The molecule has 1 atom stereocenters. The largest absolute Gasteiger partial charge is 0.472 e. The van der Waals surface area contributed by atoms with E-state index in [1.165, 1.54) is 12.5 Å². The molecule has 2 aromatic rings. The van der Waals surface area contributed by atoms with Crippen molar-refractivity contribution >= 4 is 11.7 Å². The van der Waals surface area contributed by atoms with Gasteiger partial charge in [0.25, 0.3) is 0 Å². The second kappa shape index (κ2) is 6.40. The third-order valence-electron chi connectivity index (χ3n) is 3.26. The number of fused-ring (bicyclic) bond motifs is 1. The lowest BCUT2D eigenvalue weighted by atomic mass is 10.1. The zero-order valence-corrected chi connectivity index (χ0v) is 11.7. The van der Waals surface area contributed by atoms with Crippen LogP contribution in [0.3, 0.4) is 0 Å². The van der Waals surface area contributed by atoms with E-state index in [9.17, 15) is 9.90 Å². The van der Waals surface area contributed by atoms with Gasteiger partial charge in [0.2, 0.25) is 6.79 Å². The van der Waals surface area contributed by atoms with E-state index in [0.717, 1.165) is 0 Å². The molecule has 0 radical (unpaired) electrons. The minimum atomic E-state index is -0.662. The number of rotatable bonds is 5. The fraction of sp³-hybridized carbons (Fsp3) is 0.267. The number of furan rings is 1. The lowest BCUT2D eigenvalue weighted by molar-refractivity contribution is 0.166. The zero-order valence-electron chi connectivity index (χ0n) is 11.7. The number of carbonyl (C=O) groups excluding carboxylic acids is 1. The van der Waals surface area contributed by atoms with Crippen molar-refractivity contribution < 1.29 is 23.8 Å². The molecular weight excluding hydrogens is 288 g/mol. The van der Waals surface area contributed by atoms with Crippen molar-refractivity contribution in [1.29, 1.82) is 0 Å². The van der Waals surface area contributed by atoms with Crippen LogP contribution in [0, 0.1) is 0 Å². The normalized spacial score (nSPS) is 13.7. The van der Waals surface area contributed by atoms with Crippen LogP contribution in [-0.2, 0) is 0 Å². The van der Waals surface area contributed by atoms with Crippen LogP contribution < -0.4 is 20.1 Å². The van der Waals surface area contributed by atoms with Gasteiger partial charge in [0.15, 0.2) is 11.5 Å². The first kappa shape index (κ1) is 14.3. The molecule has 1 aromatic carbocycles. The Hall–Kier alpha value is -2.67. The number of carbonyl (C=O) groups is 1. The molecule has 0 spiro atoms. The minimum absolute atomic E-state index is 0.191. The molecule has 1 aliphatic rings. The number of aliphatic hydroxyl groups excluding tert-OH is 1. The summed E-state index contributed by atoms with van der Waals surface area (Å²) in [5.74, 6) is 1.27. The zero-order chi connectivity index (χ0) is 15.4. The van der Waals surface area contributed by atoms with Crippen LogP contribution in [0.2, 0.25) is 0 Å². The average Bonchev–Trinajstić information content (AvgIpc) is 3.18. The van der Waals surface area contributed by atoms with Crippen molar-refractivity contribution in [1.82, 2.24) is 5.32 Å². The maximum absolute atomic E-state index is 11.8. The number of benzene rings is 1. The Morgan fingerprint density at radius 3 is 2.95 bits per heavy atom. The lowest BCUT2D eigenvalue weighted by Gasteiger charge is -2.10. The maximum atomic E-state index is 11.8. The fourth-order valence-corrected chi connectivity index (χ4v) is 2.10. The predicted octanol–water partition coefficient (Wildman–Crippen LogP) is 2.25. The second-order valence-electron chi connectivity index (χ2n) is 4.81. The van der Waals surface area contributed by atoms with Gasteiger partial charge in [-0.2, -0.15) is 0 Å². The summed E-state index contributed by atoms with van der Waals surface area (Å²) in [6.07, 6.45) is 2.72. The van der Waals surface area contributed by atoms with Crippen LogP contribution in [0.25, 0.3) is 0 Å². The Kier molecular flexibility index (Phi) is 4.15. The van der Waals surface area contributed by atoms with Crippen molar-refractivity contribution in [2.75, 3.05) is 18.7 Å². The van der Waals surface area contributed by atoms with Gasteiger partial charge in [-0.25, -0.2) is 4.79 Å². The van der Waals surface area contributed by atoms with Gasteiger partial charge in [-0.3, -0.25) is 0 Å². The van der Waals surface area contributed by atoms with Crippen molar-refractivity contribution in [3.05, 3.63) is 42.4 Å². The smallest absolute Gasteiger partial charge is 0.319 e. The molecule has 116 valence electrons. The van der Waals surface area contributed by atoms with Crippen LogP contribution in [0.15, 0.2) is 41.2 Å². The summed E-state index contributed by atoms with van der Waals surface area (Å²) in [6.45, 7) is 0.527. The van der Waals surface area contributed by atoms with Crippen LogP contribution in [0.1, 0.15) is 18.1 Å². The Morgan fingerprint density at radius 2 is 2.14 bits per heavy atom. The maximum Gasteiger partial charge on any atom is 0.319 e. The lowest BCUT2D eigenvalue weighted by Crippen LogP contribution is -2.30. The molecule has 2 amide bonds. The highest BCUT2D eigenvalue weighted by Crippen LogP contribution is 2.34. The highest BCUT2D eigenvalue weighted by atomic mass is 16.7. The molecule has 3 N–H and O–H groups in total. The van der Waals surface area contributed by atoms with E-state index < -0.39 is 6.10 Å². The number of ether oxygens (including phenoxy) is 2. The summed E-state index contributed by atoms with van der Waals surface area (Å²) in [5, 5.41) is 15.2. The Morgan fingerprint density at radius 1 is 1.27 bits per heavy atom. The average molecular weight is 304 g/mol. The van der Waals surface area contributed by atoms with Gasteiger partial charge in [-0.05, 0) is 24.6 Å². The highest BCUT2D eigenvalue weighted by molar-refractivity contribution is 5.89. The van der Waals surface area contributed by atoms with Gasteiger partial charge in [0, 0.05) is 23.9 Å². The topological polar surface area (TPSA) is 93.0 Å². The third-order valence-corrected chi connectivity index (χ3v) is 3.26. The molecule has 0 saturated heterocycles.